The number of likely N-dealkylation sites (tertiary alicyclic amines) is 1. The molecule has 1 fully saturated rings. The molecule has 6 nitrogen and oxygen atoms in total. The highest BCUT2D eigenvalue weighted by Crippen LogP contribution is 2.27. The number of benzene rings is 2. The van der Waals surface area contributed by atoms with E-state index >= 15 is 0 Å². The predicted molar refractivity (Wildman–Crippen MR) is 118 cm³/mol. The van der Waals surface area contributed by atoms with Crippen molar-refractivity contribution in [1.29, 1.82) is 0 Å². The third kappa shape index (κ3) is 5.13. The quantitative estimate of drug-likeness (QED) is 0.535. The van der Waals surface area contributed by atoms with Crippen molar-refractivity contribution < 1.29 is 9.32 Å². The Bertz CT molecular complexity index is 1030. The number of hydrogen-bond donors (Lipinski definition) is 1. The summed E-state index contributed by atoms with van der Waals surface area (Å²) in [5.74, 6) is 0.915. The number of rotatable bonds is 5. The predicted octanol–water partition coefficient (Wildman–Crippen LogP) is 5.55. The van der Waals surface area contributed by atoms with Gasteiger partial charge in [0.15, 0.2) is 0 Å². The number of nitrogens with zero attached hydrogens (tertiary/aromatic N) is 3. The lowest BCUT2D eigenvalue weighted by Gasteiger charge is -2.30. The number of aromatic nitrogens is 2. The highest BCUT2D eigenvalue weighted by molar-refractivity contribution is 6.35. The van der Waals surface area contributed by atoms with Crippen molar-refractivity contribution in [3.8, 4) is 11.4 Å². The molecule has 0 spiro atoms. The third-order valence-electron chi connectivity index (χ3n) is 5.03. The lowest BCUT2D eigenvalue weighted by Crippen LogP contribution is -2.37. The Morgan fingerprint density at radius 2 is 1.80 bits per heavy atom. The van der Waals surface area contributed by atoms with E-state index in [1.54, 1.807) is 24.3 Å². The van der Waals surface area contributed by atoms with Crippen LogP contribution >= 0.6 is 34.8 Å². The number of anilines is 1. The maximum Gasteiger partial charge on any atom is 0.241 e. The second-order valence-electron chi connectivity index (χ2n) is 7.19. The van der Waals surface area contributed by atoms with Crippen molar-refractivity contribution in [2.24, 2.45) is 5.92 Å². The van der Waals surface area contributed by atoms with Gasteiger partial charge in [0, 0.05) is 27.2 Å². The molecule has 0 saturated carbocycles. The number of carbonyl (C=O) groups is 1. The van der Waals surface area contributed by atoms with Crippen LogP contribution < -0.4 is 5.32 Å². The number of amides is 1. The average molecular weight is 466 g/mol. The fourth-order valence-corrected chi connectivity index (χ4v) is 4.23. The first-order chi connectivity index (χ1) is 14.5. The van der Waals surface area contributed by atoms with Crippen molar-refractivity contribution in [2.75, 3.05) is 18.4 Å². The minimum Gasteiger partial charge on any atom is -0.338 e. The summed E-state index contributed by atoms with van der Waals surface area (Å²) in [7, 11) is 0. The molecule has 1 aliphatic heterocycles. The SMILES string of the molecule is O=C(Nc1cc(Cl)cc(Cl)c1)C1CCN(Cc2nc(-c3ccccc3Cl)no2)CC1. The molecular formula is C21H19Cl3N4O2. The van der Waals surface area contributed by atoms with E-state index < -0.39 is 0 Å². The van der Waals surface area contributed by atoms with Gasteiger partial charge in [0.05, 0.1) is 11.6 Å². The van der Waals surface area contributed by atoms with E-state index in [9.17, 15) is 4.79 Å². The van der Waals surface area contributed by atoms with Gasteiger partial charge in [-0.25, -0.2) is 0 Å². The zero-order valence-electron chi connectivity index (χ0n) is 15.9. The summed E-state index contributed by atoms with van der Waals surface area (Å²) >= 11 is 18.2. The van der Waals surface area contributed by atoms with Gasteiger partial charge in [-0.1, -0.05) is 52.1 Å². The highest BCUT2D eigenvalue weighted by atomic mass is 35.5. The molecule has 1 saturated heterocycles. The van der Waals surface area contributed by atoms with Crippen LogP contribution in [-0.2, 0) is 11.3 Å². The van der Waals surface area contributed by atoms with Gasteiger partial charge >= 0.3 is 0 Å². The van der Waals surface area contributed by atoms with E-state index in [0.717, 1.165) is 31.5 Å². The molecular weight excluding hydrogens is 447 g/mol. The number of halogens is 3. The number of carbonyl (C=O) groups excluding carboxylic acids is 1. The van der Waals surface area contributed by atoms with Gasteiger partial charge < -0.3 is 9.84 Å². The van der Waals surface area contributed by atoms with Gasteiger partial charge in [-0.05, 0) is 56.3 Å². The van der Waals surface area contributed by atoms with Crippen molar-refractivity contribution in [2.45, 2.75) is 19.4 Å². The van der Waals surface area contributed by atoms with Gasteiger partial charge in [-0.15, -0.1) is 0 Å². The van der Waals surface area contributed by atoms with Crippen molar-refractivity contribution in [1.82, 2.24) is 15.0 Å². The molecule has 1 aromatic heterocycles. The van der Waals surface area contributed by atoms with E-state index in [1.807, 2.05) is 18.2 Å². The Balaban J connectivity index is 1.31. The second kappa shape index (κ2) is 9.35. The minimum absolute atomic E-state index is 0.0215. The van der Waals surface area contributed by atoms with E-state index in [1.165, 1.54) is 0 Å². The molecule has 2 heterocycles. The Hall–Kier alpha value is -2.12. The lowest BCUT2D eigenvalue weighted by atomic mass is 9.96. The van der Waals surface area contributed by atoms with Crippen molar-refractivity contribution >= 4 is 46.4 Å². The van der Waals surface area contributed by atoms with E-state index in [2.05, 4.69) is 20.4 Å². The molecule has 9 heteroatoms. The summed E-state index contributed by atoms with van der Waals surface area (Å²) in [6, 6.07) is 12.4. The molecule has 3 aromatic rings. The van der Waals surface area contributed by atoms with Crippen LogP contribution in [0, 0.1) is 5.92 Å². The zero-order valence-corrected chi connectivity index (χ0v) is 18.2. The topological polar surface area (TPSA) is 71.3 Å². The third-order valence-corrected chi connectivity index (χ3v) is 5.80. The van der Waals surface area contributed by atoms with Gasteiger partial charge in [-0.3, -0.25) is 9.69 Å². The normalized spacial score (nSPS) is 15.3. The van der Waals surface area contributed by atoms with Crippen molar-refractivity contribution in [3.05, 3.63) is 63.4 Å². The Morgan fingerprint density at radius 3 is 2.50 bits per heavy atom. The minimum atomic E-state index is -0.0691. The summed E-state index contributed by atoms with van der Waals surface area (Å²) in [5, 5.41) is 8.50. The van der Waals surface area contributed by atoms with E-state index in [-0.39, 0.29) is 11.8 Å². The summed E-state index contributed by atoms with van der Waals surface area (Å²) < 4.78 is 5.39. The number of piperidine rings is 1. The van der Waals surface area contributed by atoms with Crippen LogP contribution in [0.1, 0.15) is 18.7 Å². The van der Waals surface area contributed by atoms with Crippen LogP contribution in [0.25, 0.3) is 11.4 Å². The molecule has 1 N–H and O–H groups in total. The summed E-state index contributed by atoms with van der Waals surface area (Å²) in [4.78, 5) is 19.2. The molecule has 0 aliphatic carbocycles. The Kier molecular flexibility index (Phi) is 6.58. The molecule has 0 unspecified atom stereocenters. The molecule has 0 atom stereocenters. The highest BCUT2D eigenvalue weighted by Gasteiger charge is 2.26. The van der Waals surface area contributed by atoms with Crippen LogP contribution in [0.2, 0.25) is 15.1 Å². The molecule has 30 heavy (non-hydrogen) atoms. The molecule has 0 bridgehead atoms. The fourth-order valence-electron chi connectivity index (χ4n) is 3.49. The van der Waals surface area contributed by atoms with E-state index in [0.29, 0.717) is 39.0 Å². The molecule has 156 valence electrons. The summed E-state index contributed by atoms with van der Waals surface area (Å²) in [6.07, 6.45) is 1.48. The molecule has 4 rings (SSSR count). The maximum absolute atomic E-state index is 12.6. The maximum atomic E-state index is 12.6. The number of nitrogens with one attached hydrogen (secondary N) is 1. The van der Waals surface area contributed by atoms with Gasteiger partial charge in [0.2, 0.25) is 17.6 Å². The first-order valence-corrected chi connectivity index (χ1v) is 10.7. The smallest absolute Gasteiger partial charge is 0.241 e. The second-order valence-corrected chi connectivity index (χ2v) is 8.47. The van der Waals surface area contributed by atoms with Gasteiger partial charge in [0.1, 0.15) is 0 Å². The van der Waals surface area contributed by atoms with Gasteiger partial charge in [0.25, 0.3) is 0 Å². The first-order valence-electron chi connectivity index (χ1n) is 9.55. The Labute approximate surface area is 189 Å². The first kappa shape index (κ1) is 21.1. The molecule has 0 radical (unpaired) electrons. The fraction of sp³-hybridized carbons (Fsp3) is 0.286. The summed E-state index contributed by atoms with van der Waals surface area (Å²) in [6.45, 7) is 2.06. The zero-order chi connectivity index (χ0) is 21.1. The molecule has 1 aliphatic rings. The number of hydrogen-bond acceptors (Lipinski definition) is 5. The van der Waals surface area contributed by atoms with Gasteiger partial charge in [-0.2, -0.15) is 4.98 Å². The summed E-state index contributed by atoms with van der Waals surface area (Å²) in [5.41, 5.74) is 1.35. The van der Waals surface area contributed by atoms with Crippen LogP contribution in [0.4, 0.5) is 5.69 Å². The van der Waals surface area contributed by atoms with Crippen LogP contribution in [0.15, 0.2) is 47.0 Å². The van der Waals surface area contributed by atoms with Crippen LogP contribution in [0.3, 0.4) is 0 Å². The molecule has 2 aromatic carbocycles. The lowest BCUT2D eigenvalue weighted by molar-refractivity contribution is -0.121. The van der Waals surface area contributed by atoms with Crippen LogP contribution in [-0.4, -0.2) is 34.0 Å². The molecule has 1 amide bonds. The average Bonchev–Trinajstić information content (AvgIpc) is 3.16. The standard InChI is InChI=1S/C21H19Cl3N4O2/c22-14-9-15(23)11-16(10-14)25-21(29)13-5-7-28(8-6-13)12-19-26-20(27-30-19)17-3-1-2-4-18(17)24/h1-4,9-11,13H,5-8,12H2,(H,25,29). The monoisotopic (exact) mass is 464 g/mol. The largest absolute Gasteiger partial charge is 0.338 e. The van der Waals surface area contributed by atoms with Crippen LogP contribution in [0.5, 0.6) is 0 Å². The van der Waals surface area contributed by atoms with Crippen molar-refractivity contribution in [3.63, 3.8) is 0 Å². The Morgan fingerprint density at radius 1 is 1.10 bits per heavy atom. The van der Waals surface area contributed by atoms with E-state index in [4.69, 9.17) is 39.3 Å².